The molecule has 0 aliphatic heterocycles. The molecule has 0 aliphatic rings. The van der Waals surface area contributed by atoms with E-state index in [4.69, 9.17) is 20.8 Å². The van der Waals surface area contributed by atoms with Crippen molar-refractivity contribution in [3.05, 3.63) is 136 Å². The predicted octanol–water partition coefficient (Wildman–Crippen LogP) is 7.35. The number of nitrogens with zero attached hydrogens (tertiary/aromatic N) is 2. The molecule has 5 rings (SSSR count). The van der Waals surface area contributed by atoms with E-state index >= 15 is 0 Å². The van der Waals surface area contributed by atoms with Crippen LogP contribution >= 0.6 is 27.5 Å². The van der Waals surface area contributed by atoms with Crippen LogP contribution in [0, 0.1) is 0 Å². The Morgan fingerprint density at radius 2 is 1.68 bits per heavy atom. The largest absolute Gasteiger partial charge is 0.489 e. The maximum atomic E-state index is 13.6. The lowest BCUT2D eigenvalue weighted by molar-refractivity contribution is 0.0952. The molecule has 0 radical (unpaired) electrons. The van der Waals surface area contributed by atoms with Crippen molar-refractivity contribution in [1.29, 1.82) is 0 Å². The van der Waals surface area contributed by atoms with Gasteiger partial charge in [0.1, 0.15) is 18.2 Å². The van der Waals surface area contributed by atoms with Crippen LogP contribution in [0.5, 0.6) is 5.75 Å². The quantitative estimate of drug-likeness (QED) is 0.168. The predicted molar refractivity (Wildman–Crippen MR) is 155 cm³/mol. The molecule has 40 heavy (non-hydrogen) atoms. The molecule has 0 spiro atoms. The highest BCUT2D eigenvalue weighted by Gasteiger charge is 2.27. The zero-order valence-electron chi connectivity index (χ0n) is 20.9. The van der Waals surface area contributed by atoms with E-state index in [2.05, 4.69) is 20.9 Å². The molecular weight excluding hydrogens is 616 g/mol. The van der Waals surface area contributed by atoms with Crippen molar-refractivity contribution in [2.75, 3.05) is 4.90 Å². The van der Waals surface area contributed by atoms with Crippen LogP contribution in [0.25, 0.3) is 0 Å². The van der Waals surface area contributed by atoms with E-state index in [1.54, 1.807) is 42.6 Å². The average molecular weight is 638 g/mol. The van der Waals surface area contributed by atoms with Crippen LogP contribution in [0.1, 0.15) is 21.7 Å². The zero-order chi connectivity index (χ0) is 28.1. The van der Waals surface area contributed by atoms with Crippen molar-refractivity contribution in [3.8, 4) is 5.75 Å². The van der Waals surface area contributed by atoms with Crippen LogP contribution in [0.15, 0.2) is 128 Å². The maximum Gasteiger partial charge on any atom is 0.295 e. The van der Waals surface area contributed by atoms with Gasteiger partial charge in [0, 0.05) is 15.7 Å². The molecule has 0 aliphatic carbocycles. The molecule has 7 nitrogen and oxygen atoms in total. The number of hydrogen-bond donors (Lipinski definition) is 0. The van der Waals surface area contributed by atoms with Crippen LogP contribution in [0.2, 0.25) is 5.02 Å². The molecule has 2 aromatic heterocycles. The van der Waals surface area contributed by atoms with E-state index in [1.807, 2.05) is 42.5 Å². The fourth-order valence-corrected chi connectivity index (χ4v) is 5.53. The topological polar surface area (TPSA) is 89.7 Å². The summed E-state index contributed by atoms with van der Waals surface area (Å²) in [6.07, 6.45) is 1.58. The number of amides is 1. The minimum absolute atomic E-state index is 0.0586. The lowest BCUT2D eigenvalue weighted by atomic mass is 10.2. The third-order valence-corrected chi connectivity index (χ3v) is 8.32. The van der Waals surface area contributed by atoms with Gasteiger partial charge in [-0.3, -0.25) is 9.69 Å². The number of hydrogen-bond acceptors (Lipinski definition) is 6. The van der Waals surface area contributed by atoms with Crippen molar-refractivity contribution < 1.29 is 22.4 Å². The van der Waals surface area contributed by atoms with Gasteiger partial charge in [-0.2, -0.15) is 0 Å². The second kappa shape index (κ2) is 12.1. The van der Waals surface area contributed by atoms with Crippen LogP contribution in [0.3, 0.4) is 0 Å². The Labute approximate surface area is 245 Å². The summed E-state index contributed by atoms with van der Waals surface area (Å²) in [6, 6.07) is 28.8. The number of furan rings is 1. The first-order chi connectivity index (χ1) is 19.3. The first kappa shape index (κ1) is 27.6. The molecule has 0 fully saturated rings. The lowest BCUT2D eigenvalue weighted by Gasteiger charge is -2.21. The molecule has 0 saturated carbocycles. The maximum absolute atomic E-state index is 13.6. The molecule has 2 heterocycles. The molecule has 0 N–H and O–H groups in total. The van der Waals surface area contributed by atoms with E-state index in [0.29, 0.717) is 23.2 Å². The minimum Gasteiger partial charge on any atom is -0.489 e. The molecule has 0 bridgehead atoms. The smallest absolute Gasteiger partial charge is 0.295 e. The van der Waals surface area contributed by atoms with Crippen molar-refractivity contribution in [2.45, 2.75) is 23.1 Å². The monoisotopic (exact) mass is 636 g/mol. The van der Waals surface area contributed by atoms with Gasteiger partial charge < -0.3 is 9.15 Å². The van der Waals surface area contributed by atoms with Gasteiger partial charge in [-0.25, -0.2) is 13.4 Å². The average Bonchev–Trinajstić information content (AvgIpc) is 3.47. The highest BCUT2D eigenvalue weighted by atomic mass is 79.9. The zero-order valence-corrected chi connectivity index (χ0v) is 24.1. The molecule has 5 aromatic rings. The van der Waals surface area contributed by atoms with Crippen LogP contribution in [-0.2, 0) is 23.0 Å². The van der Waals surface area contributed by atoms with Crippen molar-refractivity contribution in [1.82, 2.24) is 4.98 Å². The molecule has 0 unspecified atom stereocenters. The summed E-state index contributed by atoms with van der Waals surface area (Å²) in [4.78, 5) is 19.4. The Morgan fingerprint density at radius 3 is 2.38 bits per heavy atom. The number of pyridine rings is 1. The van der Waals surface area contributed by atoms with Gasteiger partial charge in [0.15, 0.2) is 5.76 Å². The van der Waals surface area contributed by atoms with Crippen molar-refractivity contribution in [2.24, 2.45) is 0 Å². The fourth-order valence-electron chi connectivity index (χ4n) is 3.88. The number of sulfone groups is 1. The molecule has 0 atom stereocenters. The summed E-state index contributed by atoms with van der Waals surface area (Å²) in [5, 5.41) is 0.325. The summed E-state index contributed by atoms with van der Waals surface area (Å²) < 4.78 is 38.3. The third kappa shape index (κ3) is 6.44. The number of rotatable bonds is 9. The molecule has 202 valence electrons. The summed E-state index contributed by atoms with van der Waals surface area (Å²) >= 11 is 9.34. The number of benzene rings is 3. The fraction of sp³-hybridized carbons (Fsp3) is 0.0667. The highest BCUT2D eigenvalue weighted by molar-refractivity contribution is 9.10. The van der Waals surface area contributed by atoms with Crippen molar-refractivity contribution >= 4 is 49.1 Å². The van der Waals surface area contributed by atoms with Gasteiger partial charge in [-0.05, 0) is 83.9 Å². The number of aromatic nitrogens is 1. The second-order valence-electron chi connectivity index (χ2n) is 8.72. The Kier molecular flexibility index (Phi) is 8.35. The number of carbonyl (C=O) groups is 1. The summed E-state index contributed by atoms with van der Waals surface area (Å²) in [5.74, 6) is 0.399. The molecular formula is C30H22BrClN2O5S. The summed E-state index contributed by atoms with van der Waals surface area (Å²) in [5.41, 5.74) is 1.76. The third-order valence-electron chi connectivity index (χ3n) is 5.91. The Bertz CT molecular complexity index is 1720. The first-order valence-electron chi connectivity index (χ1n) is 12.1. The number of ether oxygens (including phenoxy) is 1. The van der Waals surface area contributed by atoms with Gasteiger partial charge in [0.2, 0.25) is 14.9 Å². The normalized spacial score (nSPS) is 11.2. The van der Waals surface area contributed by atoms with Gasteiger partial charge in [0.05, 0.1) is 11.4 Å². The summed E-state index contributed by atoms with van der Waals surface area (Å²) in [6.45, 7) is 0.530. The number of carbonyl (C=O) groups excluding carboxylic acids is 1. The van der Waals surface area contributed by atoms with Gasteiger partial charge >= 0.3 is 0 Å². The van der Waals surface area contributed by atoms with E-state index in [-0.39, 0.29) is 22.3 Å². The van der Waals surface area contributed by atoms with E-state index in [9.17, 15) is 13.2 Å². The second-order valence-corrected chi connectivity index (χ2v) is 12.0. The van der Waals surface area contributed by atoms with Crippen LogP contribution < -0.4 is 9.64 Å². The highest BCUT2D eigenvalue weighted by Crippen LogP contribution is 2.27. The van der Waals surface area contributed by atoms with Gasteiger partial charge in [0.25, 0.3) is 5.91 Å². The minimum atomic E-state index is -3.95. The number of halogens is 2. The Morgan fingerprint density at radius 1 is 0.900 bits per heavy atom. The van der Waals surface area contributed by atoms with E-state index in [1.165, 1.54) is 29.2 Å². The molecule has 3 aromatic carbocycles. The standard InChI is InChI=1S/C30H22BrClN2O5S/c31-23-9-13-26(14-10-23)40(36,37)29-16-15-27(39-29)30(35)34(28-6-1-2-17-33-28)19-21-7-11-25(12-8-21)38-20-22-4-3-5-24(32)18-22/h1-18H,19-20H2. The Hall–Kier alpha value is -3.92. The first-order valence-corrected chi connectivity index (χ1v) is 14.7. The molecule has 1 amide bonds. The lowest BCUT2D eigenvalue weighted by Crippen LogP contribution is -2.30. The molecule has 10 heteroatoms. The number of anilines is 1. The van der Waals surface area contributed by atoms with Gasteiger partial charge in [-0.15, -0.1) is 0 Å². The Balaban J connectivity index is 1.35. The van der Waals surface area contributed by atoms with E-state index < -0.39 is 15.7 Å². The van der Waals surface area contributed by atoms with Crippen molar-refractivity contribution in [3.63, 3.8) is 0 Å². The van der Waals surface area contributed by atoms with Crippen LogP contribution in [0.4, 0.5) is 5.82 Å². The van der Waals surface area contributed by atoms with Gasteiger partial charge in [-0.1, -0.05) is 57.9 Å². The summed E-state index contributed by atoms with van der Waals surface area (Å²) in [7, 11) is -3.95. The molecule has 0 saturated heterocycles. The van der Waals surface area contributed by atoms with E-state index in [0.717, 1.165) is 15.6 Å². The van der Waals surface area contributed by atoms with Crippen LogP contribution in [-0.4, -0.2) is 19.3 Å². The SMILES string of the molecule is O=C(c1ccc(S(=O)(=O)c2ccc(Br)cc2)o1)N(Cc1ccc(OCc2cccc(Cl)c2)cc1)c1ccccn1.